The van der Waals surface area contributed by atoms with Gasteiger partial charge in [-0.1, -0.05) is 32.0 Å². The number of esters is 3. The van der Waals surface area contributed by atoms with Crippen molar-refractivity contribution < 1.29 is 60.1 Å². The third-order valence-electron chi connectivity index (χ3n) is 9.29. The van der Waals surface area contributed by atoms with Gasteiger partial charge in [-0.05, 0) is 69.1 Å². The highest BCUT2D eigenvalue weighted by molar-refractivity contribution is 7.52. The number of likely N-dealkylation sites (tertiary alicyclic amines) is 1. The van der Waals surface area contributed by atoms with Crippen molar-refractivity contribution in [3.63, 3.8) is 0 Å². The summed E-state index contributed by atoms with van der Waals surface area (Å²) in [5, 5.41) is 17.6. The molecule has 4 heterocycles. The van der Waals surface area contributed by atoms with Crippen LogP contribution in [0.1, 0.15) is 58.3 Å². The predicted molar refractivity (Wildman–Crippen MR) is 192 cm³/mol. The summed E-state index contributed by atoms with van der Waals surface area (Å²) in [7, 11) is -4.67. The van der Waals surface area contributed by atoms with Crippen molar-refractivity contribution in [1.29, 1.82) is 5.26 Å². The lowest BCUT2D eigenvalue weighted by molar-refractivity contribution is -0.169. The normalized spacial score (nSPS) is 23.5. The van der Waals surface area contributed by atoms with Gasteiger partial charge in [-0.3, -0.25) is 23.8 Å². The molecule has 56 heavy (non-hydrogen) atoms. The van der Waals surface area contributed by atoms with E-state index in [1.54, 1.807) is 43.3 Å². The first kappa shape index (κ1) is 42.4. The SMILES string of the molecule is CCC(=O)O[C@H]1[C@H](c2ccc3c(N)ccnn23)O[C@](C#N)(CO[P@](=O)(N[C@@H](C)C(=O)OCC2CCN(CC(F)(F)F)CC2)Oc2ccccc2)[C@H]1OC(=O)CC. The number of nitriles is 1. The highest BCUT2D eigenvalue weighted by Gasteiger charge is 2.62. The number of rotatable bonds is 16. The van der Waals surface area contributed by atoms with Crippen LogP contribution in [0, 0.1) is 17.2 Å². The van der Waals surface area contributed by atoms with Crippen LogP contribution in [-0.4, -0.2) is 95.3 Å². The molecular weight excluding hydrogens is 764 g/mol. The highest BCUT2D eigenvalue weighted by atomic mass is 31.2. The Labute approximate surface area is 320 Å². The second-order valence-corrected chi connectivity index (χ2v) is 15.1. The quantitative estimate of drug-likeness (QED) is 0.112. The first-order chi connectivity index (χ1) is 26.6. The van der Waals surface area contributed by atoms with Gasteiger partial charge >= 0.3 is 31.8 Å². The van der Waals surface area contributed by atoms with E-state index in [0.717, 1.165) is 0 Å². The average molecular weight is 809 g/mol. The number of piperidine rings is 1. The van der Waals surface area contributed by atoms with Gasteiger partial charge in [-0.2, -0.15) is 28.6 Å². The fourth-order valence-electron chi connectivity index (χ4n) is 6.34. The smallest absolute Gasteiger partial charge is 0.459 e. The van der Waals surface area contributed by atoms with Gasteiger partial charge < -0.3 is 29.2 Å². The monoisotopic (exact) mass is 808 g/mol. The molecule has 20 heteroatoms. The molecule has 0 unspecified atom stereocenters. The number of para-hydroxylation sites is 1. The van der Waals surface area contributed by atoms with E-state index >= 15 is 0 Å². The van der Waals surface area contributed by atoms with Crippen molar-refractivity contribution in [2.75, 3.05) is 38.6 Å². The van der Waals surface area contributed by atoms with Crippen LogP contribution in [-0.2, 0) is 42.4 Å². The first-order valence-electron chi connectivity index (χ1n) is 18.0. The standard InChI is InChI=1S/C36H44F3N6O10P/c1-4-29(46)52-32-31(28-12-11-27-26(41)13-16-42-45(27)28)54-35(20-40,33(32)53-30(47)5-2)22-51-56(49,55-25-9-7-6-8-10-25)43-23(3)34(48)50-19-24-14-17-44(18-15-24)21-36(37,38)39/h6-13,16,23-24,31-33H,4-5,14-15,17-19,21-22,41H2,1-3H3,(H,43,49)/t23-,31-,32-,33-,35+,56+/m0/s1. The number of hydrogen-bond donors (Lipinski definition) is 2. The zero-order valence-corrected chi connectivity index (χ0v) is 31.9. The lowest BCUT2D eigenvalue weighted by atomic mass is 9.95. The van der Waals surface area contributed by atoms with Crippen LogP contribution in [0.5, 0.6) is 5.75 Å². The van der Waals surface area contributed by atoms with Gasteiger partial charge in [0, 0.05) is 19.0 Å². The Morgan fingerprint density at radius 2 is 1.77 bits per heavy atom. The molecule has 0 radical (unpaired) electrons. The highest BCUT2D eigenvalue weighted by Crippen LogP contribution is 2.50. The molecule has 0 amide bonds. The molecule has 5 rings (SSSR count). The number of nitrogens with one attached hydrogen (secondary N) is 1. The molecule has 1 aromatic carbocycles. The average Bonchev–Trinajstić information content (AvgIpc) is 3.73. The molecule has 16 nitrogen and oxygen atoms in total. The molecule has 3 aromatic rings. The first-order valence-corrected chi connectivity index (χ1v) is 19.6. The number of carbonyl (C=O) groups is 3. The molecule has 2 fully saturated rings. The molecule has 6 atom stereocenters. The number of benzene rings is 1. The Hall–Kier alpha value is -4.73. The summed E-state index contributed by atoms with van der Waals surface area (Å²) in [4.78, 5) is 40.1. The number of nitrogen functional groups attached to an aromatic ring is 1. The molecular formula is C36H44F3N6O10P. The van der Waals surface area contributed by atoms with Gasteiger partial charge in [0.05, 0.1) is 30.0 Å². The van der Waals surface area contributed by atoms with E-state index in [9.17, 15) is 37.4 Å². The molecule has 0 spiro atoms. The van der Waals surface area contributed by atoms with Gasteiger partial charge in [0.1, 0.15) is 30.6 Å². The van der Waals surface area contributed by atoms with E-state index in [1.807, 2.05) is 6.07 Å². The largest absolute Gasteiger partial charge is 0.464 e. The fourth-order valence-corrected chi connectivity index (χ4v) is 7.86. The van der Waals surface area contributed by atoms with Crippen molar-refractivity contribution in [3.05, 3.63) is 60.4 Å². The van der Waals surface area contributed by atoms with Crippen LogP contribution in [0.25, 0.3) is 5.52 Å². The summed E-state index contributed by atoms with van der Waals surface area (Å²) in [6.45, 7) is 2.77. The van der Waals surface area contributed by atoms with Gasteiger partial charge in [0.2, 0.25) is 5.60 Å². The minimum absolute atomic E-state index is 0.0535. The molecule has 0 aliphatic carbocycles. The molecule has 2 aromatic heterocycles. The predicted octanol–water partition coefficient (Wildman–Crippen LogP) is 4.89. The van der Waals surface area contributed by atoms with Crippen LogP contribution >= 0.6 is 7.75 Å². The topological polar surface area (TPSA) is 206 Å². The number of nitrogens with zero attached hydrogens (tertiary/aromatic N) is 4. The number of halogens is 3. The Bertz CT molecular complexity index is 1940. The lowest BCUT2D eigenvalue weighted by Gasteiger charge is -2.32. The number of aromatic nitrogens is 2. The Balaban J connectivity index is 1.39. The Kier molecular flexibility index (Phi) is 13.7. The van der Waals surface area contributed by atoms with Crippen LogP contribution in [0.3, 0.4) is 0 Å². The van der Waals surface area contributed by atoms with Crippen molar-refractivity contribution in [3.8, 4) is 11.8 Å². The number of ether oxygens (including phenoxy) is 4. The second kappa shape index (κ2) is 18.0. The zero-order chi connectivity index (χ0) is 40.7. The summed E-state index contributed by atoms with van der Waals surface area (Å²) < 4.78 is 89.3. The Morgan fingerprint density at radius 3 is 2.41 bits per heavy atom. The summed E-state index contributed by atoms with van der Waals surface area (Å²) in [6.07, 6.45) is -6.70. The van der Waals surface area contributed by atoms with Crippen LogP contribution in [0.4, 0.5) is 18.9 Å². The van der Waals surface area contributed by atoms with E-state index < -0.39 is 74.9 Å². The number of alkyl halides is 3. The van der Waals surface area contributed by atoms with Gasteiger partial charge in [0.15, 0.2) is 12.2 Å². The third kappa shape index (κ3) is 10.4. The molecule has 0 bridgehead atoms. The van der Waals surface area contributed by atoms with Crippen LogP contribution < -0.4 is 15.3 Å². The minimum Gasteiger partial charge on any atom is -0.464 e. The van der Waals surface area contributed by atoms with E-state index in [2.05, 4.69) is 10.2 Å². The zero-order valence-electron chi connectivity index (χ0n) is 31.0. The maximum atomic E-state index is 14.5. The van der Waals surface area contributed by atoms with Gasteiger partial charge in [-0.15, -0.1) is 0 Å². The van der Waals surface area contributed by atoms with Crippen LogP contribution in [0.15, 0.2) is 54.7 Å². The molecule has 2 saturated heterocycles. The number of anilines is 1. The minimum atomic E-state index is -4.67. The number of nitrogens with two attached hydrogens (primary N) is 1. The third-order valence-corrected chi connectivity index (χ3v) is 10.9. The maximum Gasteiger partial charge on any atom is 0.459 e. The summed E-state index contributed by atoms with van der Waals surface area (Å²) >= 11 is 0. The molecule has 2 aliphatic rings. The van der Waals surface area contributed by atoms with Crippen molar-refractivity contribution in [2.45, 2.75) is 82.6 Å². The van der Waals surface area contributed by atoms with E-state index in [4.69, 9.17) is 33.7 Å². The van der Waals surface area contributed by atoms with E-state index in [0.29, 0.717) is 24.0 Å². The molecule has 0 saturated carbocycles. The maximum absolute atomic E-state index is 14.5. The second-order valence-electron chi connectivity index (χ2n) is 13.4. The molecule has 3 N–H and O–H groups in total. The lowest BCUT2D eigenvalue weighted by Crippen LogP contribution is -2.49. The number of fused-ring (bicyclic) bond motifs is 1. The molecule has 304 valence electrons. The van der Waals surface area contributed by atoms with Gasteiger partial charge in [0.25, 0.3) is 0 Å². The fraction of sp³-hybridized carbons (Fsp3) is 0.528. The summed E-state index contributed by atoms with van der Waals surface area (Å²) in [5.74, 6) is -2.48. The molecule has 2 aliphatic heterocycles. The Morgan fingerprint density at radius 1 is 1.09 bits per heavy atom. The van der Waals surface area contributed by atoms with Crippen LogP contribution in [0.2, 0.25) is 0 Å². The van der Waals surface area contributed by atoms with Crippen molar-refractivity contribution in [2.24, 2.45) is 5.92 Å². The summed E-state index contributed by atoms with van der Waals surface area (Å²) in [5.41, 5.74) is 4.96. The number of carbonyl (C=O) groups excluding carboxylic acids is 3. The number of hydrogen-bond acceptors (Lipinski definition) is 14. The van der Waals surface area contributed by atoms with Crippen molar-refractivity contribution >= 4 is 36.9 Å². The van der Waals surface area contributed by atoms with E-state index in [1.165, 1.54) is 41.6 Å². The van der Waals surface area contributed by atoms with Gasteiger partial charge in [-0.25, -0.2) is 9.08 Å². The summed E-state index contributed by atoms with van der Waals surface area (Å²) in [6, 6.07) is 13.2. The van der Waals surface area contributed by atoms with Crippen molar-refractivity contribution in [1.82, 2.24) is 19.6 Å². The van der Waals surface area contributed by atoms with E-state index in [-0.39, 0.29) is 49.9 Å².